The lowest BCUT2D eigenvalue weighted by atomic mass is 10.2. The monoisotopic (exact) mass is 368 g/mol. The van der Waals surface area contributed by atoms with Crippen molar-refractivity contribution in [3.63, 3.8) is 0 Å². The quantitative estimate of drug-likeness (QED) is 0.738. The van der Waals surface area contributed by atoms with Gasteiger partial charge in [0.05, 0.1) is 17.0 Å². The van der Waals surface area contributed by atoms with E-state index in [4.69, 9.17) is 10.00 Å². The van der Waals surface area contributed by atoms with Crippen molar-refractivity contribution >= 4 is 22.8 Å². The number of hydrogen-bond acceptors (Lipinski definition) is 6. The number of amides is 1. The topological polar surface area (TPSA) is 105 Å². The summed E-state index contributed by atoms with van der Waals surface area (Å²) in [5.41, 5.74) is 0.126. The zero-order valence-corrected chi connectivity index (χ0v) is 14.9. The lowest BCUT2D eigenvalue weighted by Crippen LogP contribution is -2.36. The van der Waals surface area contributed by atoms with E-state index in [1.165, 1.54) is 9.47 Å². The molecule has 1 saturated heterocycles. The van der Waals surface area contributed by atoms with Gasteiger partial charge in [-0.1, -0.05) is 18.6 Å². The molecule has 2 aromatic rings. The Hall–Kier alpha value is -3.21. The van der Waals surface area contributed by atoms with Gasteiger partial charge in [0.15, 0.2) is 5.82 Å². The van der Waals surface area contributed by atoms with Gasteiger partial charge in [0.1, 0.15) is 19.7 Å². The number of para-hydroxylation sites is 1. The summed E-state index contributed by atoms with van der Waals surface area (Å²) in [7, 11) is 0. The molecule has 1 aliphatic rings. The fraction of sp³-hybridized carbons (Fsp3) is 0.421. The second kappa shape index (κ2) is 8.45. The van der Waals surface area contributed by atoms with Crippen LogP contribution in [0.5, 0.6) is 0 Å². The van der Waals surface area contributed by atoms with Gasteiger partial charge in [0, 0.05) is 13.0 Å². The smallest absolute Gasteiger partial charge is 0.326 e. The van der Waals surface area contributed by atoms with Gasteiger partial charge < -0.3 is 9.64 Å². The first-order chi connectivity index (χ1) is 13.1. The van der Waals surface area contributed by atoms with E-state index in [0.717, 1.165) is 19.3 Å². The van der Waals surface area contributed by atoms with Crippen molar-refractivity contribution in [2.24, 2.45) is 0 Å². The van der Waals surface area contributed by atoms with Crippen molar-refractivity contribution < 1.29 is 14.3 Å². The van der Waals surface area contributed by atoms with Crippen LogP contribution >= 0.6 is 0 Å². The number of aromatic nitrogens is 2. The molecule has 3 rings (SSSR count). The summed E-state index contributed by atoms with van der Waals surface area (Å²) in [4.78, 5) is 42.6. The molecule has 1 amide bonds. The maximum atomic E-state index is 12.6. The predicted molar refractivity (Wildman–Crippen MR) is 96.5 cm³/mol. The SMILES string of the molecule is N#CCn1c(COC(=O)CN2CCCCCC2=O)nc2ccccc2c1=O. The Morgan fingerprint density at radius 1 is 1.22 bits per heavy atom. The fourth-order valence-corrected chi connectivity index (χ4v) is 3.11. The zero-order chi connectivity index (χ0) is 19.2. The van der Waals surface area contributed by atoms with Gasteiger partial charge in [-0.2, -0.15) is 5.26 Å². The third kappa shape index (κ3) is 4.31. The number of likely N-dealkylation sites (tertiary alicyclic amines) is 1. The molecule has 1 aromatic carbocycles. The van der Waals surface area contributed by atoms with Crippen molar-refractivity contribution in [3.8, 4) is 6.07 Å². The van der Waals surface area contributed by atoms with E-state index >= 15 is 0 Å². The van der Waals surface area contributed by atoms with Crippen LogP contribution in [0.1, 0.15) is 31.5 Å². The lowest BCUT2D eigenvalue weighted by Gasteiger charge is -2.19. The largest absolute Gasteiger partial charge is 0.456 e. The van der Waals surface area contributed by atoms with E-state index in [1.54, 1.807) is 24.3 Å². The summed E-state index contributed by atoms with van der Waals surface area (Å²) >= 11 is 0. The van der Waals surface area contributed by atoms with Crippen LogP contribution in [-0.4, -0.2) is 39.4 Å². The van der Waals surface area contributed by atoms with Gasteiger partial charge in [0.2, 0.25) is 5.91 Å². The summed E-state index contributed by atoms with van der Waals surface area (Å²) in [6, 6.07) is 8.73. The van der Waals surface area contributed by atoms with Crippen LogP contribution in [0.25, 0.3) is 10.9 Å². The van der Waals surface area contributed by atoms with Crippen molar-refractivity contribution in [2.45, 2.75) is 38.8 Å². The summed E-state index contributed by atoms with van der Waals surface area (Å²) in [5, 5.41) is 9.40. The van der Waals surface area contributed by atoms with Crippen molar-refractivity contribution in [2.75, 3.05) is 13.1 Å². The van der Waals surface area contributed by atoms with E-state index in [2.05, 4.69) is 4.98 Å². The number of carbonyl (C=O) groups is 2. The van der Waals surface area contributed by atoms with Gasteiger partial charge >= 0.3 is 5.97 Å². The number of nitrogens with zero attached hydrogens (tertiary/aromatic N) is 4. The average Bonchev–Trinajstić information content (AvgIpc) is 2.87. The van der Waals surface area contributed by atoms with Gasteiger partial charge in [-0.3, -0.25) is 19.0 Å². The third-order valence-corrected chi connectivity index (χ3v) is 4.52. The highest BCUT2D eigenvalue weighted by Crippen LogP contribution is 2.12. The van der Waals surface area contributed by atoms with E-state index < -0.39 is 5.97 Å². The molecule has 8 heteroatoms. The van der Waals surface area contributed by atoms with Crippen LogP contribution < -0.4 is 5.56 Å². The number of carbonyl (C=O) groups excluding carboxylic acids is 2. The summed E-state index contributed by atoms with van der Waals surface area (Å²) in [6.45, 7) is 0.00692. The Morgan fingerprint density at radius 2 is 2.04 bits per heavy atom. The highest BCUT2D eigenvalue weighted by Gasteiger charge is 2.20. The summed E-state index contributed by atoms with van der Waals surface area (Å²) < 4.78 is 6.45. The normalized spacial score (nSPS) is 14.6. The number of esters is 1. The zero-order valence-electron chi connectivity index (χ0n) is 14.9. The second-order valence-electron chi connectivity index (χ2n) is 6.38. The summed E-state index contributed by atoms with van der Waals surface area (Å²) in [6.07, 6.45) is 3.12. The maximum Gasteiger partial charge on any atom is 0.326 e. The number of benzene rings is 1. The number of nitriles is 1. The minimum absolute atomic E-state index is 0.0466. The minimum Gasteiger partial charge on any atom is -0.456 e. The molecule has 8 nitrogen and oxygen atoms in total. The van der Waals surface area contributed by atoms with E-state index in [0.29, 0.717) is 23.9 Å². The molecule has 0 atom stereocenters. The first-order valence-electron chi connectivity index (χ1n) is 8.89. The molecule has 27 heavy (non-hydrogen) atoms. The molecular weight excluding hydrogens is 348 g/mol. The molecule has 2 heterocycles. The molecule has 0 bridgehead atoms. The van der Waals surface area contributed by atoms with Crippen LogP contribution in [0.15, 0.2) is 29.1 Å². The van der Waals surface area contributed by atoms with E-state index in [1.807, 2.05) is 6.07 Å². The molecule has 0 N–H and O–H groups in total. The highest BCUT2D eigenvalue weighted by molar-refractivity contribution is 5.82. The van der Waals surface area contributed by atoms with E-state index in [9.17, 15) is 14.4 Å². The van der Waals surface area contributed by atoms with Crippen molar-refractivity contribution in [1.82, 2.24) is 14.5 Å². The lowest BCUT2D eigenvalue weighted by molar-refractivity contribution is -0.150. The number of ether oxygens (including phenoxy) is 1. The molecule has 1 aromatic heterocycles. The molecule has 0 radical (unpaired) electrons. The van der Waals surface area contributed by atoms with Crippen LogP contribution in [0.2, 0.25) is 0 Å². The Balaban J connectivity index is 1.75. The third-order valence-electron chi connectivity index (χ3n) is 4.52. The number of hydrogen-bond donors (Lipinski definition) is 0. The Bertz CT molecular complexity index is 960. The van der Waals surface area contributed by atoms with Crippen LogP contribution in [0.3, 0.4) is 0 Å². The standard InChI is InChI=1S/C19H20N4O4/c20-9-11-23-16(21-15-7-4-3-6-14(15)19(23)26)13-27-18(25)12-22-10-5-1-2-8-17(22)24/h3-4,6-7H,1-2,5,8,10-13H2. The Labute approximate surface area is 156 Å². The second-order valence-corrected chi connectivity index (χ2v) is 6.38. The Morgan fingerprint density at radius 3 is 2.85 bits per heavy atom. The number of rotatable bonds is 5. The first-order valence-corrected chi connectivity index (χ1v) is 8.89. The van der Waals surface area contributed by atoms with Crippen LogP contribution in [0.4, 0.5) is 0 Å². The summed E-state index contributed by atoms with van der Waals surface area (Å²) in [5.74, 6) is -0.401. The fourth-order valence-electron chi connectivity index (χ4n) is 3.11. The molecule has 1 aliphatic heterocycles. The first kappa shape index (κ1) is 18.6. The van der Waals surface area contributed by atoms with Crippen LogP contribution in [0, 0.1) is 11.3 Å². The van der Waals surface area contributed by atoms with E-state index in [-0.39, 0.29) is 37.0 Å². The molecule has 1 fully saturated rings. The molecule has 0 saturated carbocycles. The maximum absolute atomic E-state index is 12.6. The molecule has 0 unspecified atom stereocenters. The van der Waals surface area contributed by atoms with Gasteiger partial charge in [-0.15, -0.1) is 0 Å². The van der Waals surface area contributed by atoms with Crippen molar-refractivity contribution in [3.05, 3.63) is 40.4 Å². The number of fused-ring (bicyclic) bond motifs is 1. The molecule has 0 spiro atoms. The minimum atomic E-state index is -0.559. The Kier molecular flexibility index (Phi) is 5.81. The van der Waals surface area contributed by atoms with Gasteiger partial charge in [-0.05, 0) is 25.0 Å². The average molecular weight is 368 g/mol. The van der Waals surface area contributed by atoms with Gasteiger partial charge in [0.25, 0.3) is 5.56 Å². The van der Waals surface area contributed by atoms with Crippen LogP contribution in [-0.2, 0) is 27.5 Å². The van der Waals surface area contributed by atoms with Crippen molar-refractivity contribution in [1.29, 1.82) is 5.26 Å². The molecule has 0 aliphatic carbocycles. The highest BCUT2D eigenvalue weighted by atomic mass is 16.5. The molecule has 140 valence electrons. The predicted octanol–water partition coefficient (Wildman–Crippen LogP) is 1.37. The molecular formula is C19H20N4O4. The van der Waals surface area contributed by atoms with Gasteiger partial charge in [-0.25, -0.2) is 4.98 Å².